The van der Waals surface area contributed by atoms with Crippen molar-refractivity contribution in [2.24, 2.45) is 11.8 Å². The van der Waals surface area contributed by atoms with E-state index in [9.17, 15) is 0 Å². The molecule has 0 spiro atoms. The molecule has 0 saturated carbocycles. The highest BCUT2D eigenvalue weighted by Gasteiger charge is 2.19. The summed E-state index contributed by atoms with van der Waals surface area (Å²) in [6, 6.07) is 0.272. The maximum atomic E-state index is 5.48. The summed E-state index contributed by atoms with van der Waals surface area (Å²) < 4.78 is 5.48. The Morgan fingerprint density at radius 2 is 2.10 bits per heavy atom. The second-order valence-corrected chi connectivity index (χ2v) is 5.37. The first kappa shape index (κ1) is 14.7. The third-order valence-electron chi connectivity index (χ3n) is 3.12. The van der Waals surface area contributed by atoms with Crippen LogP contribution in [0, 0.1) is 5.92 Å². The van der Waals surface area contributed by atoms with Gasteiger partial charge in [-0.1, -0.05) is 0 Å². The van der Waals surface area contributed by atoms with Gasteiger partial charge < -0.3 is 15.0 Å². The normalized spacial score (nSPS) is 19.4. The molecule has 0 aliphatic carbocycles. The van der Waals surface area contributed by atoms with Gasteiger partial charge in [-0.05, 0) is 39.8 Å². The summed E-state index contributed by atoms with van der Waals surface area (Å²) in [5.41, 5.74) is 2.43. The monoisotopic (exact) mass is 281 g/mol. The molecule has 1 aliphatic heterocycles. The van der Waals surface area contributed by atoms with Crippen LogP contribution in [0.2, 0.25) is 0 Å². The zero-order valence-corrected chi connectivity index (χ0v) is 12.3. The first-order valence-electron chi connectivity index (χ1n) is 6.88. The van der Waals surface area contributed by atoms with Crippen LogP contribution in [0.3, 0.4) is 0 Å². The van der Waals surface area contributed by atoms with Crippen molar-refractivity contribution in [2.75, 3.05) is 37.4 Å². The minimum Gasteiger partial charge on any atom is -0.461 e. The van der Waals surface area contributed by atoms with Gasteiger partial charge in [-0.3, -0.25) is 5.43 Å². The van der Waals surface area contributed by atoms with E-state index < -0.39 is 0 Å². The quantitative estimate of drug-likeness (QED) is 0.506. The first-order chi connectivity index (χ1) is 9.56. The van der Waals surface area contributed by atoms with Gasteiger partial charge in [-0.15, -0.1) is 0 Å². The van der Waals surface area contributed by atoms with Crippen molar-refractivity contribution >= 4 is 11.9 Å². The maximum absolute atomic E-state index is 5.48. The Labute approximate surface area is 119 Å². The van der Waals surface area contributed by atoms with Crippen molar-refractivity contribution in [3.8, 4) is 6.01 Å². The number of hydrogen-bond donors (Lipinski definition) is 3. The van der Waals surface area contributed by atoms with Crippen LogP contribution in [0.4, 0.5) is 11.9 Å². The number of ether oxygens (including phenoxy) is 1. The van der Waals surface area contributed by atoms with E-state index >= 15 is 0 Å². The van der Waals surface area contributed by atoms with E-state index in [4.69, 9.17) is 10.6 Å². The molecule has 0 radical (unpaired) electrons. The topological polar surface area (TPSA) is 101 Å². The average Bonchev–Trinajstić information content (AvgIpc) is 2.81. The summed E-state index contributed by atoms with van der Waals surface area (Å²) in [5.74, 6) is 6.75. The van der Waals surface area contributed by atoms with Gasteiger partial charge in [0.25, 0.3) is 0 Å². The van der Waals surface area contributed by atoms with Gasteiger partial charge in [0, 0.05) is 13.1 Å². The largest absolute Gasteiger partial charge is 0.461 e. The molecule has 1 fully saturated rings. The van der Waals surface area contributed by atoms with Crippen LogP contribution >= 0.6 is 0 Å². The molecule has 112 valence electrons. The molecule has 0 aromatic carbocycles. The Kier molecular flexibility index (Phi) is 4.91. The highest BCUT2D eigenvalue weighted by Crippen LogP contribution is 2.16. The van der Waals surface area contributed by atoms with Gasteiger partial charge in [0.05, 0.1) is 6.10 Å². The third-order valence-corrected chi connectivity index (χ3v) is 3.12. The van der Waals surface area contributed by atoms with Crippen LogP contribution in [0.15, 0.2) is 0 Å². The Bertz CT molecular complexity index is 440. The second kappa shape index (κ2) is 6.67. The van der Waals surface area contributed by atoms with E-state index in [0.29, 0.717) is 17.8 Å². The fourth-order valence-electron chi connectivity index (χ4n) is 2.19. The Hall–Kier alpha value is -1.67. The number of likely N-dealkylation sites (tertiary alicyclic amines) is 1. The summed E-state index contributed by atoms with van der Waals surface area (Å²) in [6.45, 7) is 6.90. The van der Waals surface area contributed by atoms with E-state index in [1.165, 1.54) is 6.42 Å². The summed E-state index contributed by atoms with van der Waals surface area (Å²) >= 11 is 0. The van der Waals surface area contributed by atoms with Crippen LogP contribution in [0.25, 0.3) is 0 Å². The predicted molar refractivity (Wildman–Crippen MR) is 77.5 cm³/mol. The molecule has 1 aromatic heterocycles. The fourth-order valence-corrected chi connectivity index (χ4v) is 2.19. The number of nitrogens with one attached hydrogen (secondary N) is 2. The standard InChI is InChI=1S/C12H23N7O/c1-8(2)20-12-16-10(15-11(17-12)18-13)14-6-9-4-5-19(3)7-9/h8-9H,4-7,13H2,1-3H3,(H2,14,15,16,17,18). The number of nitrogens with zero attached hydrogens (tertiary/aromatic N) is 4. The number of hydrazine groups is 1. The number of rotatable bonds is 6. The molecule has 2 heterocycles. The van der Waals surface area contributed by atoms with Gasteiger partial charge in [0.15, 0.2) is 0 Å². The highest BCUT2D eigenvalue weighted by atomic mass is 16.5. The van der Waals surface area contributed by atoms with Crippen LogP contribution in [0.5, 0.6) is 6.01 Å². The summed E-state index contributed by atoms with van der Waals surface area (Å²) in [4.78, 5) is 14.8. The number of nitrogen functional groups attached to an aromatic ring is 1. The van der Waals surface area contributed by atoms with Gasteiger partial charge in [0.2, 0.25) is 11.9 Å². The average molecular weight is 281 g/mol. The molecule has 8 nitrogen and oxygen atoms in total. The molecule has 4 N–H and O–H groups in total. The third kappa shape index (κ3) is 4.17. The Balaban J connectivity index is 1.98. The maximum Gasteiger partial charge on any atom is 0.323 e. The first-order valence-corrected chi connectivity index (χ1v) is 6.88. The molecule has 1 aliphatic rings. The van der Waals surface area contributed by atoms with Crippen molar-refractivity contribution in [1.29, 1.82) is 0 Å². The number of aromatic nitrogens is 3. The summed E-state index contributed by atoms with van der Waals surface area (Å²) in [6.07, 6.45) is 1.19. The van der Waals surface area contributed by atoms with Crippen LogP contribution < -0.4 is 21.3 Å². The lowest BCUT2D eigenvalue weighted by Crippen LogP contribution is -2.21. The molecule has 1 unspecified atom stereocenters. The Morgan fingerprint density at radius 1 is 1.35 bits per heavy atom. The number of hydrogen-bond acceptors (Lipinski definition) is 8. The molecule has 0 amide bonds. The van der Waals surface area contributed by atoms with Crippen molar-refractivity contribution < 1.29 is 4.74 Å². The van der Waals surface area contributed by atoms with Crippen molar-refractivity contribution in [3.63, 3.8) is 0 Å². The highest BCUT2D eigenvalue weighted by molar-refractivity contribution is 5.35. The lowest BCUT2D eigenvalue weighted by Gasteiger charge is -2.13. The van der Waals surface area contributed by atoms with E-state index in [0.717, 1.165) is 19.6 Å². The fraction of sp³-hybridized carbons (Fsp3) is 0.750. The van der Waals surface area contributed by atoms with Gasteiger partial charge in [0.1, 0.15) is 0 Å². The van der Waals surface area contributed by atoms with E-state index in [1.54, 1.807) is 0 Å². The van der Waals surface area contributed by atoms with Crippen LogP contribution in [-0.4, -0.2) is 52.6 Å². The van der Waals surface area contributed by atoms with Crippen molar-refractivity contribution in [1.82, 2.24) is 19.9 Å². The molecular weight excluding hydrogens is 258 g/mol. The number of anilines is 2. The van der Waals surface area contributed by atoms with E-state index in [2.05, 4.69) is 37.6 Å². The van der Waals surface area contributed by atoms with Crippen molar-refractivity contribution in [2.45, 2.75) is 26.4 Å². The molecule has 8 heteroatoms. The predicted octanol–water partition coefficient (Wildman–Crippen LogP) is 0.308. The van der Waals surface area contributed by atoms with Crippen LogP contribution in [-0.2, 0) is 0 Å². The van der Waals surface area contributed by atoms with E-state index in [-0.39, 0.29) is 12.1 Å². The smallest absolute Gasteiger partial charge is 0.323 e. The minimum atomic E-state index is -0.000596. The number of nitrogens with two attached hydrogens (primary N) is 1. The molecule has 2 rings (SSSR count). The zero-order chi connectivity index (χ0) is 14.5. The Morgan fingerprint density at radius 3 is 2.70 bits per heavy atom. The summed E-state index contributed by atoms with van der Waals surface area (Å²) in [5, 5.41) is 3.23. The second-order valence-electron chi connectivity index (χ2n) is 5.37. The van der Waals surface area contributed by atoms with Gasteiger partial charge in [-0.2, -0.15) is 15.0 Å². The van der Waals surface area contributed by atoms with Crippen LogP contribution in [0.1, 0.15) is 20.3 Å². The molecule has 0 bridgehead atoms. The minimum absolute atomic E-state index is 0.000596. The molecule has 20 heavy (non-hydrogen) atoms. The van der Waals surface area contributed by atoms with E-state index in [1.807, 2.05) is 13.8 Å². The molecule has 1 atom stereocenters. The SMILES string of the molecule is CC(C)Oc1nc(NN)nc(NCC2CCN(C)C2)n1. The van der Waals surface area contributed by atoms with Gasteiger partial charge in [-0.25, -0.2) is 5.84 Å². The summed E-state index contributed by atoms with van der Waals surface area (Å²) in [7, 11) is 2.13. The molecular formula is C12H23N7O. The zero-order valence-electron chi connectivity index (χ0n) is 12.3. The lowest BCUT2D eigenvalue weighted by molar-refractivity contribution is 0.222. The van der Waals surface area contributed by atoms with Crippen molar-refractivity contribution in [3.05, 3.63) is 0 Å². The molecule has 1 aromatic rings. The molecule has 1 saturated heterocycles. The van der Waals surface area contributed by atoms with Gasteiger partial charge >= 0.3 is 6.01 Å². The lowest BCUT2D eigenvalue weighted by atomic mass is 10.1.